The van der Waals surface area contributed by atoms with Gasteiger partial charge in [0.25, 0.3) is 0 Å². The number of nitrogens with zero attached hydrogens (tertiary/aromatic N) is 4. The van der Waals surface area contributed by atoms with Gasteiger partial charge in [-0.3, -0.25) is 14.3 Å². The highest BCUT2D eigenvalue weighted by Crippen LogP contribution is 2.20. The lowest BCUT2D eigenvalue weighted by atomic mass is 9.97. The summed E-state index contributed by atoms with van der Waals surface area (Å²) >= 11 is 5.65. The molecule has 6 nitrogen and oxygen atoms in total. The molecule has 2 heterocycles. The number of hydrogen-bond acceptors (Lipinski definition) is 5. The van der Waals surface area contributed by atoms with E-state index < -0.39 is 0 Å². The monoisotopic (exact) mass is 360 g/mol. The van der Waals surface area contributed by atoms with Gasteiger partial charge in [-0.05, 0) is 56.6 Å². The molecular weight excluding hydrogens is 336 g/mol. The minimum absolute atomic E-state index is 0.0146. The van der Waals surface area contributed by atoms with Crippen LogP contribution in [-0.2, 0) is 16.2 Å². The highest BCUT2D eigenvalue weighted by atomic mass is 32.1. The van der Waals surface area contributed by atoms with Gasteiger partial charge in [-0.1, -0.05) is 12.1 Å². The van der Waals surface area contributed by atoms with E-state index in [2.05, 4.69) is 29.1 Å². The summed E-state index contributed by atoms with van der Waals surface area (Å²) < 4.78 is 9.41. The molecule has 0 radical (unpaired) electrons. The van der Waals surface area contributed by atoms with E-state index in [1.807, 2.05) is 28.3 Å². The maximum absolute atomic E-state index is 11.6. The Labute approximate surface area is 153 Å². The molecule has 0 amide bonds. The van der Waals surface area contributed by atoms with Crippen molar-refractivity contribution in [1.29, 1.82) is 0 Å². The van der Waals surface area contributed by atoms with E-state index in [-0.39, 0.29) is 11.9 Å². The Kier molecular flexibility index (Phi) is 5.34. The number of benzene rings is 1. The first-order chi connectivity index (χ1) is 12.0. The minimum Gasteiger partial charge on any atom is -0.469 e. The van der Waals surface area contributed by atoms with Crippen LogP contribution in [0.5, 0.6) is 0 Å². The zero-order chi connectivity index (χ0) is 18.0. The van der Waals surface area contributed by atoms with Crippen LogP contribution in [0.4, 0.5) is 0 Å². The number of aryl methyl sites for hydroxylation is 2. The number of likely N-dealkylation sites (tertiary alicyclic amines) is 1. The third-order valence-electron chi connectivity index (χ3n) is 4.72. The third kappa shape index (κ3) is 3.82. The summed E-state index contributed by atoms with van der Waals surface area (Å²) in [6, 6.07) is 8.25. The number of methoxy groups -OCH3 is 1. The van der Waals surface area contributed by atoms with E-state index in [4.69, 9.17) is 17.0 Å². The molecule has 3 rings (SSSR count). The molecule has 0 atom stereocenters. The number of hydrogen-bond donors (Lipinski definition) is 0. The SMILES string of the molecule is COC(=O)C1CCN(Cn2nc(C)n(-c3cccc(C)c3)c2=S)CC1. The van der Waals surface area contributed by atoms with E-state index >= 15 is 0 Å². The summed E-state index contributed by atoms with van der Waals surface area (Å²) in [6.07, 6.45) is 1.63. The molecule has 2 aromatic rings. The smallest absolute Gasteiger partial charge is 0.308 e. The zero-order valence-electron chi connectivity index (χ0n) is 14.9. The molecule has 1 aliphatic heterocycles. The van der Waals surface area contributed by atoms with Crippen LogP contribution in [-0.4, -0.2) is 45.4 Å². The molecule has 0 bridgehead atoms. The Morgan fingerprint density at radius 1 is 1.32 bits per heavy atom. The molecule has 134 valence electrons. The Hall–Kier alpha value is -1.99. The molecule has 0 unspecified atom stereocenters. The van der Waals surface area contributed by atoms with Gasteiger partial charge in [-0.2, -0.15) is 5.10 Å². The van der Waals surface area contributed by atoms with Gasteiger partial charge < -0.3 is 4.74 Å². The van der Waals surface area contributed by atoms with Crippen LogP contribution in [0.15, 0.2) is 24.3 Å². The minimum atomic E-state index is -0.101. The van der Waals surface area contributed by atoms with Crippen molar-refractivity contribution >= 4 is 18.2 Å². The molecule has 0 N–H and O–H groups in total. The first-order valence-electron chi connectivity index (χ1n) is 8.53. The summed E-state index contributed by atoms with van der Waals surface area (Å²) in [5, 5.41) is 4.62. The van der Waals surface area contributed by atoms with Gasteiger partial charge in [0.05, 0.1) is 19.7 Å². The largest absolute Gasteiger partial charge is 0.469 e. The van der Waals surface area contributed by atoms with Gasteiger partial charge in [0.2, 0.25) is 4.77 Å². The number of ether oxygens (including phenoxy) is 1. The molecule has 1 aromatic heterocycles. The van der Waals surface area contributed by atoms with Crippen molar-refractivity contribution in [2.75, 3.05) is 20.2 Å². The fraction of sp³-hybridized carbons (Fsp3) is 0.500. The van der Waals surface area contributed by atoms with Gasteiger partial charge in [-0.15, -0.1) is 0 Å². The van der Waals surface area contributed by atoms with E-state index in [0.29, 0.717) is 11.4 Å². The summed E-state index contributed by atoms with van der Waals surface area (Å²) in [4.78, 5) is 13.9. The molecule has 0 spiro atoms. The Bertz CT molecular complexity index is 819. The quantitative estimate of drug-likeness (QED) is 0.620. The van der Waals surface area contributed by atoms with Crippen molar-refractivity contribution in [1.82, 2.24) is 19.2 Å². The third-order valence-corrected chi connectivity index (χ3v) is 5.11. The molecule has 25 heavy (non-hydrogen) atoms. The second-order valence-corrected chi connectivity index (χ2v) is 6.93. The lowest BCUT2D eigenvalue weighted by Crippen LogP contribution is -2.38. The van der Waals surface area contributed by atoms with Crippen molar-refractivity contribution in [2.24, 2.45) is 5.92 Å². The second kappa shape index (κ2) is 7.49. The zero-order valence-corrected chi connectivity index (χ0v) is 15.8. The molecule has 0 saturated carbocycles. The van der Waals surface area contributed by atoms with E-state index in [0.717, 1.165) is 37.4 Å². The average molecular weight is 360 g/mol. The lowest BCUT2D eigenvalue weighted by Gasteiger charge is -2.30. The molecule has 0 aliphatic carbocycles. The summed E-state index contributed by atoms with van der Waals surface area (Å²) in [5.41, 5.74) is 2.23. The van der Waals surface area contributed by atoms with Gasteiger partial charge in [0.1, 0.15) is 5.82 Å². The topological polar surface area (TPSA) is 52.3 Å². The maximum Gasteiger partial charge on any atom is 0.308 e. The predicted octanol–water partition coefficient (Wildman–Crippen LogP) is 2.86. The summed E-state index contributed by atoms with van der Waals surface area (Å²) in [6.45, 7) is 6.37. The normalized spacial score (nSPS) is 16.1. The van der Waals surface area contributed by atoms with Crippen molar-refractivity contribution in [2.45, 2.75) is 33.4 Å². The van der Waals surface area contributed by atoms with Crippen molar-refractivity contribution in [3.05, 3.63) is 40.4 Å². The molecule has 1 saturated heterocycles. The van der Waals surface area contributed by atoms with E-state index in [9.17, 15) is 4.79 Å². The Morgan fingerprint density at radius 3 is 2.68 bits per heavy atom. The second-order valence-electron chi connectivity index (χ2n) is 6.56. The first kappa shape index (κ1) is 17.8. The van der Waals surface area contributed by atoms with Crippen LogP contribution in [0.25, 0.3) is 5.69 Å². The molecular formula is C18H24N4O2S. The fourth-order valence-electron chi connectivity index (χ4n) is 3.34. The molecule has 1 fully saturated rings. The maximum atomic E-state index is 11.6. The number of carbonyl (C=O) groups excluding carboxylic acids is 1. The van der Waals surface area contributed by atoms with Crippen molar-refractivity contribution in [3.63, 3.8) is 0 Å². The average Bonchev–Trinajstić information content (AvgIpc) is 2.88. The highest BCUT2D eigenvalue weighted by Gasteiger charge is 2.26. The highest BCUT2D eigenvalue weighted by molar-refractivity contribution is 7.71. The Morgan fingerprint density at radius 2 is 2.04 bits per heavy atom. The van der Waals surface area contributed by atoms with Gasteiger partial charge in [0.15, 0.2) is 0 Å². The van der Waals surface area contributed by atoms with Gasteiger partial charge >= 0.3 is 5.97 Å². The van der Waals surface area contributed by atoms with E-state index in [1.165, 1.54) is 12.7 Å². The predicted molar refractivity (Wildman–Crippen MR) is 98.2 cm³/mol. The summed E-state index contributed by atoms with van der Waals surface area (Å²) in [7, 11) is 1.45. The Balaban J connectivity index is 1.74. The van der Waals surface area contributed by atoms with Gasteiger partial charge in [0, 0.05) is 18.8 Å². The van der Waals surface area contributed by atoms with Crippen LogP contribution in [0.1, 0.15) is 24.2 Å². The lowest BCUT2D eigenvalue weighted by molar-refractivity contribution is -0.147. The van der Waals surface area contributed by atoms with E-state index in [1.54, 1.807) is 0 Å². The standard InChI is InChI=1S/C18H24N4O2S/c1-13-5-4-6-16(11-13)22-14(2)19-21(18(22)25)12-20-9-7-15(8-10-20)17(23)24-3/h4-6,11,15H,7-10,12H2,1-3H3. The van der Waals surface area contributed by atoms with Gasteiger partial charge in [-0.25, -0.2) is 4.68 Å². The summed E-state index contributed by atoms with van der Waals surface area (Å²) in [5.74, 6) is 0.789. The molecule has 7 heteroatoms. The number of piperidine rings is 1. The molecule has 1 aromatic carbocycles. The molecule has 1 aliphatic rings. The fourth-order valence-corrected chi connectivity index (χ4v) is 3.67. The number of rotatable bonds is 4. The van der Waals surface area contributed by atoms with Crippen LogP contribution in [0, 0.1) is 24.5 Å². The number of esters is 1. The van der Waals surface area contributed by atoms with Crippen molar-refractivity contribution in [3.8, 4) is 5.69 Å². The van der Waals surface area contributed by atoms with Crippen LogP contribution in [0.2, 0.25) is 0 Å². The van der Waals surface area contributed by atoms with Crippen LogP contribution < -0.4 is 0 Å². The van der Waals surface area contributed by atoms with Crippen molar-refractivity contribution < 1.29 is 9.53 Å². The number of carbonyl (C=O) groups is 1. The van der Waals surface area contributed by atoms with Crippen LogP contribution >= 0.6 is 12.2 Å². The first-order valence-corrected chi connectivity index (χ1v) is 8.94. The van der Waals surface area contributed by atoms with Crippen LogP contribution in [0.3, 0.4) is 0 Å². The number of aromatic nitrogens is 3.